The monoisotopic (exact) mass is 426 g/mol. The molecular weight excluding hydrogens is 396 g/mol. The third kappa shape index (κ3) is 4.08. The van der Waals surface area contributed by atoms with Gasteiger partial charge in [-0.1, -0.05) is 18.0 Å². The molecule has 0 radical (unpaired) electrons. The maximum Gasteiger partial charge on any atom is 0.248 e. The average molecular weight is 427 g/mol. The van der Waals surface area contributed by atoms with E-state index >= 15 is 0 Å². The van der Waals surface area contributed by atoms with Crippen molar-refractivity contribution in [1.29, 1.82) is 0 Å². The summed E-state index contributed by atoms with van der Waals surface area (Å²) in [7, 11) is -3.66. The lowest BCUT2D eigenvalue weighted by Gasteiger charge is -2.44. The van der Waals surface area contributed by atoms with Crippen LogP contribution in [0.2, 0.25) is 0 Å². The van der Waals surface area contributed by atoms with Crippen LogP contribution in [0.3, 0.4) is 0 Å². The fourth-order valence-electron chi connectivity index (χ4n) is 4.80. The second-order valence-electron chi connectivity index (χ2n) is 8.17. The summed E-state index contributed by atoms with van der Waals surface area (Å²) >= 11 is 0. The van der Waals surface area contributed by atoms with E-state index in [1.54, 1.807) is 18.7 Å². The summed E-state index contributed by atoms with van der Waals surface area (Å²) in [4.78, 5) is 17.1. The predicted molar refractivity (Wildman–Crippen MR) is 105 cm³/mol. The van der Waals surface area contributed by atoms with Gasteiger partial charge in [0.15, 0.2) is 5.76 Å². The lowest BCUT2D eigenvalue weighted by atomic mass is 9.90. The van der Waals surface area contributed by atoms with Crippen LogP contribution in [0.15, 0.2) is 9.42 Å². The van der Waals surface area contributed by atoms with Gasteiger partial charge in [0.2, 0.25) is 15.9 Å². The summed E-state index contributed by atoms with van der Waals surface area (Å²) in [6.07, 6.45) is 4.80. The molecule has 0 bridgehead atoms. The fraction of sp³-hybridized carbons (Fsp3) is 0.789. The van der Waals surface area contributed by atoms with Gasteiger partial charge in [-0.05, 0) is 26.7 Å². The SMILES string of the molecule is Cc1noc(C)c1S(=O)(=O)N1CCN(C(=O)CN2CCOC3CCCCC32)CC1. The second-order valence-corrected chi connectivity index (χ2v) is 10.0. The van der Waals surface area contributed by atoms with Gasteiger partial charge in [0.25, 0.3) is 0 Å². The van der Waals surface area contributed by atoms with Crippen molar-refractivity contribution in [2.75, 3.05) is 45.9 Å². The van der Waals surface area contributed by atoms with Crippen LogP contribution in [0.4, 0.5) is 0 Å². The van der Waals surface area contributed by atoms with Crippen molar-refractivity contribution >= 4 is 15.9 Å². The third-order valence-corrected chi connectivity index (χ3v) is 8.49. The van der Waals surface area contributed by atoms with Gasteiger partial charge in [0.05, 0.1) is 19.3 Å². The van der Waals surface area contributed by atoms with Crippen molar-refractivity contribution < 1.29 is 22.5 Å². The van der Waals surface area contributed by atoms with Gasteiger partial charge in [0.1, 0.15) is 10.6 Å². The molecule has 9 nitrogen and oxygen atoms in total. The Kier molecular flexibility index (Phi) is 5.97. The minimum atomic E-state index is -3.66. The van der Waals surface area contributed by atoms with Crippen molar-refractivity contribution in [3.8, 4) is 0 Å². The number of nitrogens with zero attached hydrogens (tertiary/aromatic N) is 4. The maximum absolute atomic E-state index is 12.9. The van der Waals surface area contributed by atoms with E-state index in [4.69, 9.17) is 9.26 Å². The molecule has 3 fully saturated rings. The molecular formula is C19H30N4O5S. The van der Waals surface area contributed by atoms with E-state index in [1.165, 1.54) is 17.1 Å². The van der Waals surface area contributed by atoms with Crippen LogP contribution < -0.4 is 0 Å². The number of hydrogen-bond acceptors (Lipinski definition) is 7. The van der Waals surface area contributed by atoms with Crippen LogP contribution in [0, 0.1) is 13.8 Å². The van der Waals surface area contributed by atoms with Crippen molar-refractivity contribution in [3.05, 3.63) is 11.5 Å². The molecule has 0 N–H and O–H groups in total. The minimum Gasteiger partial charge on any atom is -0.375 e. The summed E-state index contributed by atoms with van der Waals surface area (Å²) in [6.45, 7) is 6.46. The standard InChI is InChI=1S/C19H30N4O5S/c1-14-19(15(2)28-20-14)29(25,26)23-9-7-21(8-10-23)18(24)13-22-11-12-27-17-6-4-3-5-16(17)22/h16-17H,3-13H2,1-2H3. The number of carbonyl (C=O) groups excluding carboxylic acids is 1. The van der Waals surface area contributed by atoms with Gasteiger partial charge in [-0.2, -0.15) is 4.31 Å². The number of aromatic nitrogens is 1. The van der Waals surface area contributed by atoms with Gasteiger partial charge in [0, 0.05) is 38.8 Å². The Morgan fingerprint density at radius 1 is 1.10 bits per heavy atom. The number of rotatable bonds is 4. The van der Waals surface area contributed by atoms with E-state index in [0.29, 0.717) is 43.7 Å². The Balaban J connectivity index is 1.35. The van der Waals surface area contributed by atoms with Gasteiger partial charge >= 0.3 is 0 Å². The molecule has 1 aromatic rings. The van der Waals surface area contributed by atoms with Gasteiger partial charge in [-0.15, -0.1) is 0 Å². The van der Waals surface area contributed by atoms with Crippen LogP contribution in [0.5, 0.6) is 0 Å². The van der Waals surface area contributed by atoms with E-state index in [2.05, 4.69) is 10.1 Å². The van der Waals surface area contributed by atoms with Crippen LogP contribution in [0.25, 0.3) is 0 Å². The largest absolute Gasteiger partial charge is 0.375 e. The van der Waals surface area contributed by atoms with E-state index in [9.17, 15) is 13.2 Å². The summed E-state index contributed by atoms with van der Waals surface area (Å²) in [5, 5.41) is 3.76. The Bertz CT molecular complexity index is 825. The number of hydrogen-bond donors (Lipinski definition) is 0. The highest BCUT2D eigenvalue weighted by molar-refractivity contribution is 7.89. The van der Waals surface area contributed by atoms with Crippen molar-refractivity contribution in [2.24, 2.45) is 0 Å². The quantitative estimate of drug-likeness (QED) is 0.702. The fourth-order valence-corrected chi connectivity index (χ4v) is 6.51. The second kappa shape index (κ2) is 8.33. The van der Waals surface area contributed by atoms with Gasteiger partial charge in [-0.25, -0.2) is 8.42 Å². The number of sulfonamides is 1. The summed E-state index contributed by atoms with van der Waals surface area (Å²) in [6, 6.07) is 0.336. The summed E-state index contributed by atoms with van der Waals surface area (Å²) < 4.78 is 38.2. The highest BCUT2D eigenvalue weighted by Crippen LogP contribution is 2.28. The Hall–Kier alpha value is -1.49. The number of fused-ring (bicyclic) bond motifs is 1. The lowest BCUT2D eigenvalue weighted by Crippen LogP contribution is -2.57. The zero-order chi connectivity index (χ0) is 20.6. The van der Waals surface area contributed by atoms with Gasteiger partial charge < -0.3 is 14.2 Å². The highest BCUT2D eigenvalue weighted by atomic mass is 32.2. The Labute approximate surface area is 172 Å². The molecule has 1 aromatic heterocycles. The number of ether oxygens (including phenoxy) is 1. The number of aryl methyl sites for hydroxylation is 2. The molecule has 0 aromatic carbocycles. The van der Waals surface area contributed by atoms with Crippen molar-refractivity contribution in [2.45, 2.75) is 56.6 Å². The first-order valence-electron chi connectivity index (χ1n) is 10.4. The molecule has 2 saturated heterocycles. The number of piperazine rings is 1. The predicted octanol–water partition coefficient (Wildman–Crippen LogP) is 0.768. The normalized spacial score (nSPS) is 27.0. The first-order valence-corrected chi connectivity index (χ1v) is 11.9. The molecule has 3 aliphatic rings. The first kappa shape index (κ1) is 20.8. The molecule has 3 heterocycles. The zero-order valence-electron chi connectivity index (χ0n) is 17.2. The molecule has 1 aliphatic carbocycles. The summed E-state index contributed by atoms with van der Waals surface area (Å²) in [5.74, 6) is 0.376. The molecule has 1 saturated carbocycles. The Morgan fingerprint density at radius 2 is 1.83 bits per heavy atom. The number of amides is 1. The van der Waals surface area contributed by atoms with E-state index in [0.717, 1.165) is 19.4 Å². The van der Waals surface area contributed by atoms with Crippen LogP contribution in [-0.4, -0.2) is 91.6 Å². The zero-order valence-corrected chi connectivity index (χ0v) is 18.0. The molecule has 2 aliphatic heterocycles. The molecule has 162 valence electrons. The average Bonchev–Trinajstić information content (AvgIpc) is 3.07. The van der Waals surface area contributed by atoms with E-state index in [1.807, 2.05) is 0 Å². The van der Waals surface area contributed by atoms with Crippen molar-refractivity contribution in [3.63, 3.8) is 0 Å². The van der Waals surface area contributed by atoms with Crippen LogP contribution in [0.1, 0.15) is 37.1 Å². The Morgan fingerprint density at radius 3 is 2.52 bits per heavy atom. The molecule has 29 heavy (non-hydrogen) atoms. The lowest BCUT2D eigenvalue weighted by molar-refractivity contribution is -0.140. The topological polar surface area (TPSA) is 96.2 Å². The summed E-state index contributed by atoms with van der Waals surface area (Å²) in [5.41, 5.74) is 0.371. The van der Waals surface area contributed by atoms with E-state index in [-0.39, 0.29) is 30.0 Å². The number of carbonyl (C=O) groups is 1. The number of morpholine rings is 1. The maximum atomic E-state index is 12.9. The molecule has 2 unspecified atom stereocenters. The highest BCUT2D eigenvalue weighted by Gasteiger charge is 2.37. The van der Waals surface area contributed by atoms with Crippen LogP contribution in [-0.2, 0) is 19.6 Å². The van der Waals surface area contributed by atoms with Gasteiger partial charge in [-0.3, -0.25) is 9.69 Å². The molecule has 2 atom stereocenters. The van der Waals surface area contributed by atoms with Crippen molar-refractivity contribution in [1.82, 2.24) is 19.3 Å². The molecule has 0 spiro atoms. The van der Waals surface area contributed by atoms with Crippen LogP contribution >= 0.6 is 0 Å². The first-order chi connectivity index (χ1) is 13.9. The minimum absolute atomic E-state index is 0.0746. The molecule has 4 rings (SSSR count). The molecule has 1 amide bonds. The molecule has 10 heteroatoms. The third-order valence-electron chi connectivity index (χ3n) is 6.34. The smallest absolute Gasteiger partial charge is 0.248 e. The van der Waals surface area contributed by atoms with E-state index < -0.39 is 10.0 Å².